The summed E-state index contributed by atoms with van der Waals surface area (Å²) in [7, 11) is 1.57. The van der Waals surface area contributed by atoms with Gasteiger partial charge in [0.05, 0.1) is 7.11 Å². The number of benzene rings is 2. The number of anilines is 2. The van der Waals surface area contributed by atoms with E-state index in [-0.39, 0.29) is 11.8 Å². The minimum absolute atomic E-state index is 0.212. The molecule has 1 atom stereocenters. The lowest BCUT2D eigenvalue weighted by atomic mass is 10.2. The smallest absolute Gasteiger partial charge is 0.255 e. The van der Waals surface area contributed by atoms with Crippen LogP contribution in [0.15, 0.2) is 61.2 Å². The number of carbonyl (C=O) groups excluding carboxylic acids is 2. The van der Waals surface area contributed by atoms with Gasteiger partial charge in [-0.3, -0.25) is 9.59 Å². The molecular formula is C19H19N5O3. The summed E-state index contributed by atoms with van der Waals surface area (Å²) in [6, 6.07) is 13.2. The molecule has 2 amide bonds. The van der Waals surface area contributed by atoms with Crippen LogP contribution >= 0.6 is 0 Å². The summed E-state index contributed by atoms with van der Waals surface area (Å²) in [5.74, 6) is 0.247. The molecule has 8 nitrogen and oxygen atoms in total. The molecule has 3 rings (SSSR count). The van der Waals surface area contributed by atoms with Crippen molar-refractivity contribution in [2.24, 2.45) is 0 Å². The second-order valence-corrected chi connectivity index (χ2v) is 5.80. The van der Waals surface area contributed by atoms with Crippen LogP contribution in [0.4, 0.5) is 11.4 Å². The number of ether oxygens (including phenoxy) is 1. The SMILES string of the molecule is COc1ccc(C(=O)Nc2ccc(NC(=O)C(C)n3cncn3)cc2)cc1. The number of nitrogens with zero attached hydrogens (tertiary/aromatic N) is 3. The summed E-state index contributed by atoms with van der Waals surface area (Å²) >= 11 is 0. The van der Waals surface area contributed by atoms with Gasteiger partial charge in [-0.1, -0.05) is 0 Å². The lowest BCUT2D eigenvalue weighted by Crippen LogP contribution is -2.24. The standard InChI is InChI=1S/C19H19N5O3/c1-13(24-12-20-11-21-24)18(25)22-15-5-7-16(8-6-15)23-19(26)14-3-9-17(27-2)10-4-14/h3-13H,1-2H3,(H,22,25)(H,23,26). The predicted octanol–water partition coefficient (Wildman–Crippen LogP) is 2.74. The number of rotatable bonds is 6. The van der Waals surface area contributed by atoms with Crippen molar-refractivity contribution in [3.8, 4) is 5.75 Å². The zero-order chi connectivity index (χ0) is 19.2. The largest absolute Gasteiger partial charge is 0.497 e. The highest BCUT2D eigenvalue weighted by Crippen LogP contribution is 2.17. The molecule has 8 heteroatoms. The maximum Gasteiger partial charge on any atom is 0.255 e. The second kappa shape index (κ2) is 8.13. The summed E-state index contributed by atoms with van der Waals surface area (Å²) in [6.45, 7) is 1.73. The lowest BCUT2D eigenvalue weighted by molar-refractivity contribution is -0.119. The number of hydrogen-bond donors (Lipinski definition) is 2. The third-order valence-corrected chi connectivity index (χ3v) is 3.98. The normalized spacial score (nSPS) is 11.5. The van der Waals surface area contributed by atoms with Crippen LogP contribution in [0.5, 0.6) is 5.75 Å². The van der Waals surface area contributed by atoms with Gasteiger partial charge in [-0.15, -0.1) is 0 Å². The van der Waals surface area contributed by atoms with Gasteiger partial charge in [0.25, 0.3) is 5.91 Å². The first-order valence-electron chi connectivity index (χ1n) is 8.27. The molecule has 0 bridgehead atoms. The first-order valence-corrected chi connectivity index (χ1v) is 8.27. The fourth-order valence-electron chi connectivity index (χ4n) is 2.37. The van der Waals surface area contributed by atoms with Crippen LogP contribution in [0.2, 0.25) is 0 Å². The van der Waals surface area contributed by atoms with E-state index in [0.717, 1.165) is 0 Å². The Morgan fingerprint density at radius 3 is 2.19 bits per heavy atom. The number of aromatic nitrogens is 3. The first-order chi connectivity index (χ1) is 13.1. The molecule has 1 aromatic heterocycles. The van der Waals surface area contributed by atoms with Crippen molar-refractivity contribution < 1.29 is 14.3 Å². The van der Waals surface area contributed by atoms with E-state index in [1.54, 1.807) is 62.6 Å². The topological polar surface area (TPSA) is 98.1 Å². The lowest BCUT2D eigenvalue weighted by Gasteiger charge is -2.12. The molecule has 0 spiro atoms. The number of amides is 2. The van der Waals surface area contributed by atoms with E-state index in [9.17, 15) is 9.59 Å². The predicted molar refractivity (Wildman–Crippen MR) is 101 cm³/mol. The Morgan fingerprint density at radius 1 is 1.00 bits per heavy atom. The minimum Gasteiger partial charge on any atom is -0.497 e. The molecule has 27 heavy (non-hydrogen) atoms. The van der Waals surface area contributed by atoms with Crippen LogP contribution in [-0.2, 0) is 4.79 Å². The van der Waals surface area contributed by atoms with Gasteiger partial charge in [0.1, 0.15) is 24.4 Å². The van der Waals surface area contributed by atoms with Gasteiger partial charge in [-0.25, -0.2) is 9.67 Å². The minimum atomic E-state index is -0.484. The number of nitrogens with one attached hydrogen (secondary N) is 2. The van der Waals surface area contributed by atoms with Crippen molar-refractivity contribution in [1.82, 2.24) is 14.8 Å². The molecule has 0 saturated heterocycles. The third-order valence-electron chi connectivity index (χ3n) is 3.98. The molecular weight excluding hydrogens is 346 g/mol. The van der Waals surface area contributed by atoms with Gasteiger partial charge in [0.2, 0.25) is 5.91 Å². The molecule has 0 radical (unpaired) electrons. The maximum atomic E-state index is 12.3. The van der Waals surface area contributed by atoms with Crippen LogP contribution in [0, 0.1) is 0 Å². The van der Waals surface area contributed by atoms with Crippen molar-refractivity contribution in [3.63, 3.8) is 0 Å². The molecule has 0 saturated carbocycles. The Balaban J connectivity index is 1.59. The van der Waals surface area contributed by atoms with E-state index in [2.05, 4.69) is 20.7 Å². The second-order valence-electron chi connectivity index (χ2n) is 5.80. The summed E-state index contributed by atoms with van der Waals surface area (Å²) in [4.78, 5) is 28.3. The molecule has 0 aliphatic rings. The molecule has 3 aromatic rings. The van der Waals surface area contributed by atoms with Crippen LogP contribution in [0.3, 0.4) is 0 Å². The molecule has 0 aliphatic carbocycles. The van der Waals surface area contributed by atoms with Crippen molar-refractivity contribution in [2.45, 2.75) is 13.0 Å². The molecule has 0 aliphatic heterocycles. The van der Waals surface area contributed by atoms with Crippen molar-refractivity contribution in [3.05, 3.63) is 66.7 Å². The molecule has 2 N–H and O–H groups in total. The van der Waals surface area contributed by atoms with E-state index in [4.69, 9.17) is 4.74 Å². The summed E-state index contributed by atoms with van der Waals surface area (Å²) < 4.78 is 6.55. The van der Waals surface area contributed by atoms with Gasteiger partial charge in [-0.05, 0) is 55.5 Å². The molecule has 0 fully saturated rings. The molecule has 1 heterocycles. The number of carbonyl (C=O) groups is 2. The van der Waals surface area contributed by atoms with E-state index in [1.807, 2.05) is 0 Å². The van der Waals surface area contributed by atoms with Gasteiger partial charge in [0, 0.05) is 16.9 Å². The monoisotopic (exact) mass is 365 g/mol. The van der Waals surface area contributed by atoms with Crippen molar-refractivity contribution >= 4 is 23.2 Å². The first kappa shape index (κ1) is 18.1. The quantitative estimate of drug-likeness (QED) is 0.700. The van der Waals surface area contributed by atoms with Gasteiger partial charge >= 0.3 is 0 Å². The van der Waals surface area contributed by atoms with E-state index in [0.29, 0.717) is 22.7 Å². The van der Waals surface area contributed by atoms with E-state index < -0.39 is 6.04 Å². The van der Waals surface area contributed by atoms with Crippen molar-refractivity contribution in [1.29, 1.82) is 0 Å². The van der Waals surface area contributed by atoms with Crippen LogP contribution < -0.4 is 15.4 Å². The third kappa shape index (κ3) is 4.49. The Hall–Kier alpha value is -3.68. The summed E-state index contributed by atoms with van der Waals surface area (Å²) in [6.07, 6.45) is 2.87. The van der Waals surface area contributed by atoms with Gasteiger partial charge in [-0.2, -0.15) is 5.10 Å². The summed E-state index contributed by atoms with van der Waals surface area (Å²) in [5, 5.41) is 9.56. The summed E-state index contributed by atoms with van der Waals surface area (Å²) in [5.41, 5.74) is 1.77. The van der Waals surface area contributed by atoms with E-state index in [1.165, 1.54) is 17.3 Å². The Bertz CT molecular complexity index is 906. The van der Waals surface area contributed by atoms with Gasteiger partial charge < -0.3 is 15.4 Å². The van der Waals surface area contributed by atoms with Crippen molar-refractivity contribution in [2.75, 3.05) is 17.7 Å². The van der Waals surface area contributed by atoms with E-state index >= 15 is 0 Å². The Labute approximate surface area is 156 Å². The van der Waals surface area contributed by atoms with Crippen LogP contribution in [0.25, 0.3) is 0 Å². The zero-order valence-electron chi connectivity index (χ0n) is 14.9. The fraction of sp³-hybridized carbons (Fsp3) is 0.158. The highest BCUT2D eigenvalue weighted by atomic mass is 16.5. The van der Waals surface area contributed by atoms with Gasteiger partial charge in [0.15, 0.2) is 0 Å². The molecule has 1 unspecified atom stereocenters. The van der Waals surface area contributed by atoms with Crippen LogP contribution in [0.1, 0.15) is 23.3 Å². The van der Waals surface area contributed by atoms with Crippen LogP contribution in [-0.4, -0.2) is 33.7 Å². The Kier molecular flexibility index (Phi) is 5.46. The molecule has 2 aromatic carbocycles. The fourth-order valence-corrected chi connectivity index (χ4v) is 2.37. The highest BCUT2D eigenvalue weighted by Gasteiger charge is 2.15. The average molecular weight is 365 g/mol. The zero-order valence-corrected chi connectivity index (χ0v) is 14.9. The number of hydrogen-bond acceptors (Lipinski definition) is 5. The molecule has 138 valence electrons. The maximum absolute atomic E-state index is 12.3. The average Bonchev–Trinajstić information content (AvgIpc) is 3.23. The number of methoxy groups -OCH3 is 1. The Morgan fingerprint density at radius 2 is 1.63 bits per heavy atom. The highest BCUT2D eigenvalue weighted by molar-refractivity contribution is 6.04.